The van der Waals surface area contributed by atoms with E-state index in [0.717, 1.165) is 28.7 Å². The van der Waals surface area contributed by atoms with Crippen LogP contribution in [0, 0.1) is 0 Å². The van der Waals surface area contributed by atoms with E-state index in [4.69, 9.17) is 0 Å². The van der Waals surface area contributed by atoms with Gasteiger partial charge in [0.05, 0.1) is 10.9 Å². The average molecular weight is 425 g/mol. The number of hydrogen-bond acceptors (Lipinski definition) is 4. The fourth-order valence-electron chi connectivity index (χ4n) is 2.81. The SMILES string of the molecule is CCN(CC)CCNC(=O)CCCn1c(=O)[nH]c2ccc(Br)cc2c1=O. The van der Waals surface area contributed by atoms with Crippen molar-refractivity contribution in [2.75, 3.05) is 26.2 Å². The molecule has 0 saturated carbocycles. The van der Waals surface area contributed by atoms with Crippen molar-refractivity contribution in [3.05, 3.63) is 43.5 Å². The zero-order valence-corrected chi connectivity index (χ0v) is 16.8. The molecule has 1 heterocycles. The van der Waals surface area contributed by atoms with Gasteiger partial charge in [-0.1, -0.05) is 29.8 Å². The van der Waals surface area contributed by atoms with E-state index in [-0.39, 0.29) is 24.4 Å². The number of nitrogens with one attached hydrogen (secondary N) is 2. The second-order valence-corrected chi connectivity index (χ2v) is 6.97. The van der Waals surface area contributed by atoms with Crippen molar-refractivity contribution in [3.8, 4) is 0 Å². The third-order valence-corrected chi connectivity index (χ3v) is 4.87. The number of aromatic nitrogens is 2. The molecule has 2 rings (SSSR count). The molecule has 0 unspecified atom stereocenters. The predicted molar refractivity (Wildman–Crippen MR) is 107 cm³/mol. The van der Waals surface area contributed by atoms with Crippen LogP contribution < -0.4 is 16.6 Å². The Hall–Kier alpha value is -1.93. The molecule has 142 valence electrons. The maximum absolute atomic E-state index is 12.5. The number of nitrogens with zero attached hydrogens (tertiary/aromatic N) is 2. The molecule has 0 atom stereocenters. The lowest BCUT2D eigenvalue weighted by Gasteiger charge is -2.17. The van der Waals surface area contributed by atoms with E-state index in [2.05, 4.69) is 45.0 Å². The molecule has 0 bridgehead atoms. The molecular weight excluding hydrogens is 400 g/mol. The van der Waals surface area contributed by atoms with Gasteiger partial charge in [0, 0.05) is 30.5 Å². The van der Waals surface area contributed by atoms with Crippen molar-refractivity contribution in [1.82, 2.24) is 19.8 Å². The van der Waals surface area contributed by atoms with Crippen molar-refractivity contribution in [1.29, 1.82) is 0 Å². The highest BCUT2D eigenvalue weighted by Gasteiger charge is 2.09. The van der Waals surface area contributed by atoms with Gasteiger partial charge in [-0.2, -0.15) is 0 Å². The summed E-state index contributed by atoms with van der Waals surface area (Å²) < 4.78 is 1.92. The Kier molecular flexibility index (Phi) is 7.59. The van der Waals surface area contributed by atoms with Crippen LogP contribution in [0.3, 0.4) is 0 Å². The summed E-state index contributed by atoms with van der Waals surface area (Å²) in [5, 5.41) is 3.32. The van der Waals surface area contributed by atoms with Gasteiger partial charge < -0.3 is 15.2 Å². The fraction of sp³-hybridized carbons (Fsp3) is 0.500. The zero-order valence-electron chi connectivity index (χ0n) is 15.2. The standard InChI is InChI=1S/C18H25BrN4O3/c1-3-22(4-2)11-9-20-16(24)6-5-10-23-17(25)14-12-13(19)7-8-15(14)21-18(23)26/h7-8,12H,3-6,9-11H2,1-2H3,(H,20,24)(H,21,26). The van der Waals surface area contributed by atoms with Crippen molar-refractivity contribution in [2.24, 2.45) is 0 Å². The lowest BCUT2D eigenvalue weighted by molar-refractivity contribution is -0.121. The van der Waals surface area contributed by atoms with E-state index < -0.39 is 5.69 Å². The van der Waals surface area contributed by atoms with Gasteiger partial charge in [0.25, 0.3) is 5.56 Å². The number of fused-ring (bicyclic) bond motifs is 1. The molecule has 0 saturated heterocycles. The van der Waals surface area contributed by atoms with Gasteiger partial charge >= 0.3 is 5.69 Å². The topological polar surface area (TPSA) is 87.2 Å². The summed E-state index contributed by atoms with van der Waals surface area (Å²) in [5.41, 5.74) is -0.285. The Balaban J connectivity index is 1.92. The third-order valence-electron chi connectivity index (χ3n) is 4.37. The molecule has 1 amide bonds. The van der Waals surface area contributed by atoms with Crippen LogP contribution in [-0.4, -0.2) is 46.5 Å². The highest BCUT2D eigenvalue weighted by molar-refractivity contribution is 9.10. The molecule has 0 spiro atoms. The van der Waals surface area contributed by atoms with Gasteiger partial charge in [-0.25, -0.2) is 4.79 Å². The summed E-state index contributed by atoms with van der Waals surface area (Å²) in [4.78, 5) is 41.5. The van der Waals surface area contributed by atoms with E-state index in [1.54, 1.807) is 18.2 Å². The summed E-state index contributed by atoms with van der Waals surface area (Å²) in [6.07, 6.45) is 0.709. The molecule has 0 aliphatic heterocycles. The Bertz CT molecular complexity index is 871. The quantitative estimate of drug-likeness (QED) is 0.640. The maximum Gasteiger partial charge on any atom is 0.328 e. The number of H-pyrrole nitrogens is 1. The van der Waals surface area contributed by atoms with Crippen LogP contribution in [0.25, 0.3) is 10.9 Å². The van der Waals surface area contributed by atoms with E-state index >= 15 is 0 Å². The van der Waals surface area contributed by atoms with Crippen LogP contribution in [0.4, 0.5) is 0 Å². The van der Waals surface area contributed by atoms with Crippen molar-refractivity contribution < 1.29 is 4.79 Å². The third kappa shape index (κ3) is 5.28. The lowest BCUT2D eigenvalue weighted by Crippen LogP contribution is -2.36. The summed E-state index contributed by atoms with van der Waals surface area (Å²) in [7, 11) is 0. The number of halogens is 1. The molecule has 0 aliphatic rings. The first-order valence-electron chi connectivity index (χ1n) is 8.87. The molecule has 0 aliphatic carbocycles. The van der Waals surface area contributed by atoms with E-state index in [1.807, 2.05) is 0 Å². The molecule has 0 radical (unpaired) electrons. The van der Waals surface area contributed by atoms with Crippen molar-refractivity contribution in [2.45, 2.75) is 33.2 Å². The highest BCUT2D eigenvalue weighted by atomic mass is 79.9. The summed E-state index contributed by atoms with van der Waals surface area (Å²) in [6, 6.07) is 5.14. The van der Waals surface area contributed by atoms with E-state index in [1.165, 1.54) is 0 Å². The van der Waals surface area contributed by atoms with Crippen LogP contribution in [0.2, 0.25) is 0 Å². The monoisotopic (exact) mass is 424 g/mol. The van der Waals surface area contributed by atoms with Crippen molar-refractivity contribution in [3.63, 3.8) is 0 Å². The molecule has 1 aromatic carbocycles. The number of likely N-dealkylation sites (N-methyl/N-ethyl adjacent to an activating group) is 1. The molecule has 8 heteroatoms. The van der Waals surface area contributed by atoms with Gasteiger partial charge in [0.2, 0.25) is 5.91 Å². The van der Waals surface area contributed by atoms with Gasteiger partial charge in [-0.15, -0.1) is 0 Å². The first-order chi connectivity index (χ1) is 12.5. The highest BCUT2D eigenvalue weighted by Crippen LogP contribution is 2.14. The maximum atomic E-state index is 12.5. The van der Waals surface area contributed by atoms with Gasteiger partial charge in [0.15, 0.2) is 0 Å². The number of benzene rings is 1. The molecule has 7 nitrogen and oxygen atoms in total. The molecule has 26 heavy (non-hydrogen) atoms. The number of carbonyl (C=O) groups is 1. The van der Waals surface area contributed by atoms with Crippen LogP contribution in [0.1, 0.15) is 26.7 Å². The second-order valence-electron chi connectivity index (χ2n) is 6.06. The van der Waals surface area contributed by atoms with Crippen LogP contribution in [-0.2, 0) is 11.3 Å². The van der Waals surface area contributed by atoms with Crippen molar-refractivity contribution >= 4 is 32.7 Å². The van der Waals surface area contributed by atoms with E-state index in [9.17, 15) is 14.4 Å². The smallest absolute Gasteiger partial charge is 0.328 e. The van der Waals surface area contributed by atoms with Crippen LogP contribution in [0.15, 0.2) is 32.3 Å². The van der Waals surface area contributed by atoms with Gasteiger partial charge in [0.1, 0.15) is 0 Å². The minimum absolute atomic E-state index is 0.0647. The predicted octanol–water partition coefficient (Wildman–Crippen LogP) is 1.69. The Morgan fingerprint density at radius 3 is 2.69 bits per heavy atom. The number of rotatable bonds is 9. The van der Waals surface area contributed by atoms with Crippen LogP contribution >= 0.6 is 15.9 Å². The number of aromatic amines is 1. The first-order valence-corrected chi connectivity index (χ1v) is 9.67. The lowest BCUT2D eigenvalue weighted by atomic mass is 10.2. The molecule has 1 aromatic heterocycles. The Morgan fingerprint density at radius 1 is 1.27 bits per heavy atom. The summed E-state index contributed by atoms with van der Waals surface area (Å²) >= 11 is 3.33. The molecule has 2 N–H and O–H groups in total. The number of carbonyl (C=O) groups excluding carboxylic acids is 1. The zero-order chi connectivity index (χ0) is 19.1. The number of hydrogen-bond donors (Lipinski definition) is 2. The fourth-order valence-corrected chi connectivity index (χ4v) is 3.17. The summed E-state index contributed by atoms with van der Waals surface area (Å²) in [5.74, 6) is -0.0647. The van der Waals surface area contributed by atoms with E-state index in [0.29, 0.717) is 23.9 Å². The largest absolute Gasteiger partial charge is 0.355 e. The molecule has 0 fully saturated rings. The average Bonchev–Trinajstić information content (AvgIpc) is 2.62. The minimum atomic E-state index is -0.452. The second kappa shape index (κ2) is 9.68. The van der Waals surface area contributed by atoms with Crippen LogP contribution in [0.5, 0.6) is 0 Å². The summed E-state index contributed by atoms with van der Waals surface area (Å²) in [6.45, 7) is 7.71. The van der Waals surface area contributed by atoms with Gasteiger partial charge in [-0.3, -0.25) is 14.2 Å². The minimum Gasteiger partial charge on any atom is -0.355 e. The molecule has 2 aromatic rings. The molecular formula is C18H25BrN4O3. The number of amides is 1. The Labute approximate surface area is 160 Å². The van der Waals surface area contributed by atoms with Gasteiger partial charge in [-0.05, 0) is 37.7 Å². The Morgan fingerprint density at radius 2 is 2.00 bits per heavy atom. The normalized spacial score (nSPS) is 11.2. The first kappa shape index (κ1) is 20.4.